The maximum absolute atomic E-state index is 13.3. The van der Waals surface area contributed by atoms with Crippen molar-refractivity contribution < 1.29 is 9.53 Å². The van der Waals surface area contributed by atoms with Gasteiger partial charge in [0.15, 0.2) is 4.32 Å². The molecule has 0 radical (unpaired) electrons. The highest BCUT2D eigenvalue weighted by molar-refractivity contribution is 9.10. The third-order valence-corrected chi connectivity index (χ3v) is 7.45. The van der Waals surface area contributed by atoms with E-state index in [9.17, 15) is 4.79 Å². The van der Waals surface area contributed by atoms with Crippen LogP contribution in [0.25, 0.3) is 16.8 Å². The summed E-state index contributed by atoms with van der Waals surface area (Å²) >= 11 is 16.4. The number of amides is 1. The largest absolute Gasteiger partial charge is 0.493 e. The molecular weight excluding hydrogens is 514 g/mol. The summed E-state index contributed by atoms with van der Waals surface area (Å²) in [5, 5.41) is 2.65. The molecule has 158 valence electrons. The van der Waals surface area contributed by atoms with Crippen molar-refractivity contribution in [2.75, 3.05) is 11.5 Å². The summed E-state index contributed by atoms with van der Waals surface area (Å²) < 4.78 is 7.31. The number of hydrogen-bond acceptors (Lipinski definition) is 4. The molecule has 0 bridgehead atoms. The number of thioether (sulfide) groups is 1. The number of thiocarbonyl (C=S) groups is 1. The number of carbonyl (C=O) groups excluding carboxylic acids is 1. The molecule has 4 rings (SSSR count). The minimum absolute atomic E-state index is 0.166. The molecule has 0 unspecified atom stereocenters. The third kappa shape index (κ3) is 4.67. The Hall–Kier alpha value is -1.86. The molecule has 1 fully saturated rings. The van der Waals surface area contributed by atoms with Gasteiger partial charge in [0.25, 0.3) is 5.91 Å². The number of ether oxygens (including phenoxy) is 1. The van der Waals surface area contributed by atoms with Gasteiger partial charge < -0.3 is 4.74 Å². The Morgan fingerprint density at radius 1 is 1.19 bits per heavy atom. The van der Waals surface area contributed by atoms with Crippen LogP contribution in [0.15, 0.2) is 64.0 Å². The van der Waals surface area contributed by atoms with Gasteiger partial charge in [-0.1, -0.05) is 79.3 Å². The molecule has 1 heterocycles. The number of unbranched alkanes of at least 4 members (excludes halogenated alkanes) is 1. The van der Waals surface area contributed by atoms with Crippen LogP contribution < -0.4 is 9.64 Å². The average Bonchev–Trinajstić information content (AvgIpc) is 3.04. The number of fused-ring (bicyclic) bond motifs is 1. The van der Waals surface area contributed by atoms with E-state index in [4.69, 9.17) is 28.6 Å². The fourth-order valence-corrected chi connectivity index (χ4v) is 5.02. The Bertz CT molecular complexity index is 1210. The van der Waals surface area contributed by atoms with Crippen LogP contribution in [-0.4, -0.2) is 16.8 Å². The minimum Gasteiger partial charge on any atom is -0.493 e. The highest BCUT2D eigenvalue weighted by Crippen LogP contribution is 2.40. The van der Waals surface area contributed by atoms with E-state index in [1.807, 2.05) is 48.5 Å². The molecular formula is C24H19BrClNO2S2. The van der Waals surface area contributed by atoms with Crippen molar-refractivity contribution in [2.45, 2.75) is 19.8 Å². The molecule has 0 spiro atoms. The van der Waals surface area contributed by atoms with Gasteiger partial charge in [-0.05, 0) is 63.5 Å². The van der Waals surface area contributed by atoms with Crippen molar-refractivity contribution in [3.63, 3.8) is 0 Å². The lowest BCUT2D eigenvalue weighted by Crippen LogP contribution is -2.27. The quantitative estimate of drug-likeness (QED) is 0.184. The Balaban J connectivity index is 1.75. The summed E-state index contributed by atoms with van der Waals surface area (Å²) in [7, 11) is 0. The van der Waals surface area contributed by atoms with Crippen molar-refractivity contribution in [1.82, 2.24) is 0 Å². The Morgan fingerprint density at radius 3 is 2.77 bits per heavy atom. The molecule has 0 aromatic heterocycles. The van der Waals surface area contributed by atoms with Gasteiger partial charge >= 0.3 is 0 Å². The first-order chi connectivity index (χ1) is 15.0. The van der Waals surface area contributed by atoms with Crippen LogP contribution in [0.3, 0.4) is 0 Å². The van der Waals surface area contributed by atoms with Gasteiger partial charge in [-0.25, -0.2) is 0 Å². The summed E-state index contributed by atoms with van der Waals surface area (Å²) in [6.45, 7) is 2.76. The third-order valence-electron chi connectivity index (χ3n) is 4.92. The van der Waals surface area contributed by atoms with E-state index < -0.39 is 0 Å². The van der Waals surface area contributed by atoms with Crippen molar-refractivity contribution in [2.24, 2.45) is 0 Å². The summed E-state index contributed by atoms with van der Waals surface area (Å²) in [5.74, 6) is 0.602. The molecule has 31 heavy (non-hydrogen) atoms. The van der Waals surface area contributed by atoms with Crippen LogP contribution in [-0.2, 0) is 4.79 Å². The smallest absolute Gasteiger partial charge is 0.270 e. The maximum Gasteiger partial charge on any atom is 0.270 e. The van der Waals surface area contributed by atoms with Crippen molar-refractivity contribution in [3.05, 3.63) is 74.6 Å². The number of carbonyl (C=O) groups is 1. The molecule has 7 heteroatoms. The topological polar surface area (TPSA) is 29.5 Å². The Kier molecular flexibility index (Phi) is 7.02. The Labute approximate surface area is 204 Å². The van der Waals surface area contributed by atoms with E-state index in [-0.39, 0.29) is 5.91 Å². The van der Waals surface area contributed by atoms with Crippen LogP contribution >= 0.6 is 51.5 Å². The summed E-state index contributed by atoms with van der Waals surface area (Å²) in [6, 6.07) is 17.5. The first-order valence-electron chi connectivity index (χ1n) is 9.87. The number of anilines is 1. The highest BCUT2D eigenvalue weighted by atomic mass is 79.9. The van der Waals surface area contributed by atoms with Crippen LogP contribution in [0.2, 0.25) is 5.02 Å². The van der Waals surface area contributed by atoms with Gasteiger partial charge in [-0.15, -0.1) is 0 Å². The van der Waals surface area contributed by atoms with Crippen LogP contribution in [0.4, 0.5) is 5.69 Å². The molecule has 1 aliphatic rings. The summed E-state index contributed by atoms with van der Waals surface area (Å²) in [5.41, 5.74) is 1.54. The van der Waals surface area contributed by atoms with Gasteiger partial charge in [0.1, 0.15) is 5.75 Å². The number of halogens is 2. The molecule has 0 saturated carbocycles. The SMILES string of the molecule is CCCCOc1ccc2ccccc2c1/C=C1\SC(=S)N(c2ccc(Br)c(Cl)c2)C1=O. The van der Waals surface area contributed by atoms with Gasteiger partial charge in [0.2, 0.25) is 0 Å². The summed E-state index contributed by atoms with van der Waals surface area (Å²) in [6.07, 6.45) is 3.92. The van der Waals surface area contributed by atoms with E-state index in [1.165, 1.54) is 16.7 Å². The molecule has 0 aliphatic carbocycles. The number of hydrogen-bond donors (Lipinski definition) is 0. The predicted molar refractivity (Wildman–Crippen MR) is 139 cm³/mol. The fourth-order valence-electron chi connectivity index (χ4n) is 3.32. The standard InChI is InChI=1S/C24H19BrClNO2S2/c1-2-3-12-29-21-11-8-15-6-4-5-7-17(15)18(21)14-22-23(28)27(24(30)31-22)16-9-10-19(25)20(26)13-16/h4-11,13-14H,2-3,12H2,1H3/b22-14-. The second-order valence-corrected chi connectivity index (χ2v) is 9.95. The Morgan fingerprint density at radius 2 is 2.00 bits per heavy atom. The second kappa shape index (κ2) is 9.74. The zero-order chi connectivity index (χ0) is 22.0. The van der Waals surface area contributed by atoms with E-state index in [2.05, 4.69) is 28.9 Å². The van der Waals surface area contributed by atoms with Gasteiger partial charge in [-0.3, -0.25) is 9.69 Å². The predicted octanol–water partition coefficient (Wildman–Crippen LogP) is 7.84. The second-order valence-electron chi connectivity index (χ2n) is 7.02. The van der Waals surface area contributed by atoms with Gasteiger partial charge in [0.05, 0.1) is 22.2 Å². The van der Waals surface area contributed by atoms with Crippen LogP contribution in [0.1, 0.15) is 25.3 Å². The number of rotatable bonds is 6. The van der Waals surface area contributed by atoms with Crippen molar-refractivity contribution in [1.29, 1.82) is 0 Å². The minimum atomic E-state index is -0.166. The van der Waals surface area contributed by atoms with Crippen molar-refractivity contribution in [3.8, 4) is 5.75 Å². The zero-order valence-electron chi connectivity index (χ0n) is 16.7. The first kappa shape index (κ1) is 22.3. The molecule has 0 atom stereocenters. The lowest BCUT2D eigenvalue weighted by molar-refractivity contribution is -0.113. The van der Waals surface area contributed by atoms with E-state index in [0.29, 0.717) is 26.5 Å². The molecule has 1 saturated heterocycles. The monoisotopic (exact) mass is 531 g/mol. The van der Waals surface area contributed by atoms with E-state index in [0.717, 1.165) is 39.4 Å². The average molecular weight is 533 g/mol. The number of nitrogens with zero attached hydrogens (tertiary/aromatic N) is 1. The normalized spacial score (nSPS) is 15.3. The van der Waals surface area contributed by atoms with Crippen LogP contribution in [0, 0.1) is 0 Å². The van der Waals surface area contributed by atoms with E-state index in [1.54, 1.807) is 6.07 Å². The lowest BCUT2D eigenvalue weighted by atomic mass is 10.0. The molecule has 1 amide bonds. The van der Waals surface area contributed by atoms with Crippen LogP contribution in [0.5, 0.6) is 5.75 Å². The van der Waals surface area contributed by atoms with Gasteiger partial charge in [0, 0.05) is 10.0 Å². The lowest BCUT2D eigenvalue weighted by Gasteiger charge is -2.15. The molecule has 1 aliphatic heterocycles. The summed E-state index contributed by atoms with van der Waals surface area (Å²) in [4.78, 5) is 15.4. The first-order valence-corrected chi connectivity index (χ1v) is 12.3. The fraction of sp³-hybridized carbons (Fsp3) is 0.167. The molecule has 3 nitrogen and oxygen atoms in total. The van der Waals surface area contributed by atoms with Crippen molar-refractivity contribution >= 4 is 84.3 Å². The van der Waals surface area contributed by atoms with Gasteiger partial charge in [-0.2, -0.15) is 0 Å². The zero-order valence-corrected chi connectivity index (χ0v) is 20.7. The van der Waals surface area contributed by atoms with E-state index >= 15 is 0 Å². The highest BCUT2D eigenvalue weighted by Gasteiger charge is 2.34. The molecule has 3 aromatic rings. The molecule has 3 aromatic carbocycles. The molecule has 0 N–H and O–H groups in total. The maximum atomic E-state index is 13.3. The number of benzene rings is 3.